The molecule has 0 aromatic carbocycles. The van der Waals surface area contributed by atoms with Crippen LogP contribution in [0.5, 0.6) is 0 Å². The fourth-order valence-corrected chi connectivity index (χ4v) is 1.79. The van der Waals surface area contributed by atoms with Crippen LogP contribution in [0.1, 0.15) is 41.8 Å². The molecule has 0 saturated carbocycles. The Balaban J connectivity index is 2.13. The van der Waals surface area contributed by atoms with E-state index >= 15 is 0 Å². The highest BCUT2D eigenvalue weighted by atomic mass is 35.5. The van der Waals surface area contributed by atoms with E-state index in [0.717, 1.165) is 5.69 Å². The third-order valence-electron chi connectivity index (χ3n) is 2.57. The van der Waals surface area contributed by atoms with Crippen molar-refractivity contribution in [2.75, 3.05) is 0 Å². The van der Waals surface area contributed by atoms with E-state index in [1.54, 1.807) is 13.0 Å². The van der Waals surface area contributed by atoms with E-state index in [1.807, 2.05) is 6.92 Å². The fraction of sp³-hybridized carbons (Fsp3) is 0.364. The van der Waals surface area contributed by atoms with Crippen molar-refractivity contribution < 1.29 is 4.79 Å². The Bertz CT molecular complexity index is 571. The molecule has 1 amide bonds. The molecule has 8 heteroatoms. The Morgan fingerprint density at radius 2 is 2.32 bits per heavy atom. The van der Waals surface area contributed by atoms with Crippen LogP contribution in [0.4, 0.5) is 0 Å². The van der Waals surface area contributed by atoms with Gasteiger partial charge in [0, 0.05) is 11.3 Å². The monoisotopic (exact) mass is 280 g/mol. The number of hydrogen-bond donors (Lipinski definition) is 2. The Kier molecular flexibility index (Phi) is 4.06. The average molecular weight is 281 g/mol. The number of aryl methyl sites for hydroxylation is 1. The zero-order valence-electron chi connectivity index (χ0n) is 10.5. The van der Waals surface area contributed by atoms with E-state index in [4.69, 9.17) is 11.6 Å². The van der Waals surface area contributed by atoms with Crippen molar-refractivity contribution in [2.24, 2.45) is 0 Å². The van der Waals surface area contributed by atoms with Crippen LogP contribution in [-0.2, 0) is 6.42 Å². The highest BCUT2D eigenvalue weighted by Gasteiger charge is 2.15. The van der Waals surface area contributed by atoms with Crippen molar-refractivity contribution in [2.45, 2.75) is 26.3 Å². The van der Waals surface area contributed by atoms with Crippen LogP contribution in [0.25, 0.3) is 0 Å². The third kappa shape index (κ3) is 3.25. The van der Waals surface area contributed by atoms with Gasteiger partial charge in [0.15, 0.2) is 5.82 Å². The molecule has 0 bridgehead atoms. The van der Waals surface area contributed by atoms with Crippen molar-refractivity contribution >= 4 is 17.5 Å². The Morgan fingerprint density at radius 1 is 1.53 bits per heavy atom. The molecule has 100 valence electrons. The molecule has 0 radical (unpaired) electrons. The highest BCUT2D eigenvalue weighted by molar-refractivity contribution is 6.29. The van der Waals surface area contributed by atoms with E-state index in [2.05, 4.69) is 30.9 Å². The van der Waals surface area contributed by atoms with Gasteiger partial charge in [-0.3, -0.25) is 4.79 Å². The van der Waals surface area contributed by atoms with Crippen molar-refractivity contribution in [1.82, 2.24) is 30.9 Å². The van der Waals surface area contributed by atoms with E-state index in [1.165, 1.54) is 6.07 Å². The number of nitrogens with zero attached hydrogens (tertiary/aromatic N) is 4. The molecule has 2 rings (SSSR count). The normalized spacial score (nSPS) is 12.2. The average Bonchev–Trinajstić information content (AvgIpc) is 2.91. The maximum atomic E-state index is 12.1. The number of hydrogen-bond acceptors (Lipinski definition) is 5. The van der Waals surface area contributed by atoms with Crippen LogP contribution in [0, 0.1) is 0 Å². The molecule has 0 aliphatic carbocycles. The maximum absolute atomic E-state index is 12.1. The molecule has 2 aromatic heterocycles. The highest BCUT2D eigenvalue weighted by Crippen LogP contribution is 2.13. The molecule has 7 nitrogen and oxygen atoms in total. The molecule has 0 fully saturated rings. The van der Waals surface area contributed by atoms with Gasteiger partial charge in [0.2, 0.25) is 0 Å². The van der Waals surface area contributed by atoms with Gasteiger partial charge in [-0.2, -0.15) is 5.21 Å². The van der Waals surface area contributed by atoms with Gasteiger partial charge in [-0.05, 0) is 25.5 Å². The second-order valence-corrected chi connectivity index (χ2v) is 4.38. The molecule has 2 heterocycles. The van der Waals surface area contributed by atoms with Gasteiger partial charge in [-0.25, -0.2) is 4.98 Å². The number of pyridine rings is 1. The third-order valence-corrected chi connectivity index (χ3v) is 2.76. The molecule has 2 aromatic rings. The number of nitrogens with one attached hydrogen (secondary N) is 2. The molecule has 1 atom stereocenters. The van der Waals surface area contributed by atoms with Crippen LogP contribution in [-0.4, -0.2) is 31.5 Å². The predicted molar refractivity (Wildman–Crippen MR) is 68.7 cm³/mol. The fourth-order valence-electron chi connectivity index (χ4n) is 1.56. The zero-order valence-corrected chi connectivity index (χ0v) is 11.3. The van der Waals surface area contributed by atoms with Crippen molar-refractivity contribution in [3.63, 3.8) is 0 Å². The van der Waals surface area contributed by atoms with Crippen LogP contribution < -0.4 is 5.32 Å². The van der Waals surface area contributed by atoms with Crippen molar-refractivity contribution in [1.29, 1.82) is 0 Å². The minimum absolute atomic E-state index is 0.253. The molecule has 0 saturated heterocycles. The Morgan fingerprint density at radius 3 is 2.95 bits per heavy atom. The smallest absolute Gasteiger partial charge is 0.252 e. The molecule has 0 aliphatic rings. The summed E-state index contributed by atoms with van der Waals surface area (Å²) in [6, 6.07) is 2.90. The Labute approximate surface area is 114 Å². The van der Waals surface area contributed by atoms with Gasteiger partial charge in [0.05, 0.1) is 6.04 Å². The van der Waals surface area contributed by atoms with Crippen LogP contribution >= 0.6 is 11.6 Å². The number of carbonyl (C=O) groups excluding carboxylic acids is 1. The van der Waals surface area contributed by atoms with Crippen molar-refractivity contribution in [3.8, 4) is 0 Å². The van der Waals surface area contributed by atoms with E-state index in [-0.39, 0.29) is 11.9 Å². The van der Waals surface area contributed by atoms with E-state index in [9.17, 15) is 4.79 Å². The lowest BCUT2D eigenvalue weighted by Crippen LogP contribution is -2.27. The first-order valence-electron chi connectivity index (χ1n) is 5.80. The number of aromatic amines is 1. The molecule has 2 N–H and O–H groups in total. The summed E-state index contributed by atoms with van der Waals surface area (Å²) >= 11 is 5.88. The first-order valence-corrected chi connectivity index (χ1v) is 6.18. The summed E-state index contributed by atoms with van der Waals surface area (Å²) in [5, 5.41) is 16.5. The van der Waals surface area contributed by atoms with Crippen LogP contribution in [0.15, 0.2) is 12.1 Å². The van der Waals surface area contributed by atoms with Gasteiger partial charge in [0.25, 0.3) is 5.91 Å². The topological polar surface area (TPSA) is 96.5 Å². The number of rotatable bonds is 4. The summed E-state index contributed by atoms with van der Waals surface area (Å²) in [6.07, 6.45) is 0.710. The second-order valence-electron chi connectivity index (χ2n) is 3.99. The van der Waals surface area contributed by atoms with Gasteiger partial charge in [0.1, 0.15) is 5.15 Å². The summed E-state index contributed by atoms with van der Waals surface area (Å²) in [6.45, 7) is 3.72. The number of aromatic nitrogens is 5. The summed E-state index contributed by atoms with van der Waals surface area (Å²) in [4.78, 5) is 16.2. The summed E-state index contributed by atoms with van der Waals surface area (Å²) in [5.74, 6) is 0.167. The molecule has 0 spiro atoms. The number of tetrazole rings is 1. The number of halogens is 1. The largest absolute Gasteiger partial charge is 0.342 e. The standard InChI is InChI=1S/C11H13ClN6O/c1-3-8-4-7(5-9(12)14-8)11(19)13-6(2)10-15-17-18-16-10/h4-6H,3H2,1-2H3,(H,13,19)(H,15,16,17,18). The van der Waals surface area contributed by atoms with E-state index in [0.29, 0.717) is 23.0 Å². The lowest BCUT2D eigenvalue weighted by atomic mass is 10.2. The number of carbonyl (C=O) groups is 1. The van der Waals surface area contributed by atoms with Crippen LogP contribution in [0.2, 0.25) is 5.15 Å². The first-order chi connectivity index (χ1) is 9.10. The predicted octanol–water partition coefficient (Wildman–Crippen LogP) is 1.30. The first kappa shape index (κ1) is 13.4. The molecule has 0 aliphatic heterocycles. The quantitative estimate of drug-likeness (QED) is 0.823. The summed E-state index contributed by atoms with van der Waals surface area (Å²) < 4.78 is 0. The molecular formula is C11H13ClN6O. The van der Waals surface area contributed by atoms with Crippen molar-refractivity contribution in [3.05, 3.63) is 34.4 Å². The minimum atomic E-state index is -0.344. The summed E-state index contributed by atoms with van der Waals surface area (Å²) in [5.41, 5.74) is 1.23. The second kappa shape index (κ2) is 5.75. The Hall–Kier alpha value is -2.02. The molecular weight excluding hydrogens is 268 g/mol. The molecule has 19 heavy (non-hydrogen) atoms. The zero-order chi connectivity index (χ0) is 13.8. The number of amides is 1. The van der Waals surface area contributed by atoms with Gasteiger partial charge >= 0.3 is 0 Å². The lowest BCUT2D eigenvalue weighted by molar-refractivity contribution is 0.0938. The van der Waals surface area contributed by atoms with Gasteiger partial charge < -0.3 is 5.32 Å². The number of H-pyrrole nitrogens is 1. The maximum Gasteiger partial charge on any atom is 0.252 e. The molecule has 1 unspecified atom stereocenters. The SMILES string of the molecule is CCc1cc(C(=O)NC(C)c2nn[nH]n2)cc(Cl)n1. The van der Waals surface area contributed by atoms with E-state index < -0.39 is 0 Å². The lowest BCUT2D eigenvalue weighted by Gasteiger charge is -2.10. The minimum Gasteiger partial charge on any atom is -0.342 e. The van der Waals surface area contributed by atoms with Gasteiger partial charge in [-0.1, -0.05) is 23.7 Å². The van der Waals surface area contributed by atoms with Gasteiger partial charge in [-0.15, -0.1) is 10.2 Å². The van der Waals surface area contributed by atoms with Crippen LogP contribution in [0.3, 0.4) is 0 Å². The summed E-state index contributed by atoms with van der Waals surface area (Å²) in [7, 11) is 0.